The van der Waals surface area contributed by atoms with Crippen molar-refractivity contribution in [1.82, 2.24) is 14.7 Å². The highest BCUT2D eigenvalue weighted by Crippen LogP contribution is 2.12. The van der Waals surface area contributed by atoms with E-state index in [0.717, 1.165) is 16.9 Å². The van der Waals surface area contributed by atoms with Crippen LogP contribution in [-0.2, 0) is 11.4 Å². The van der Waals surface area contributed by atoms with Gasteiger partial charge in [0.1, 0.15) is 12.8 Å². The zero-order valence-electron chi connectivity index (χ0n) is 12.9. The monoisotopic (exact) mass is 342 g/mol. The van der Waals surface area contributed by atoms with E-state index in [1.165, 1.54) is 7.11 Å². The normalized spacial score (nSPS) is 11.1. The number of hydrogen-bond acceptors (Lipinski definition) is 4. The van der Waals surface area contributed by atoms with E-state index in [9.17, 15) is 4.79 Å². The number of nitrogens with zero attached hydrogens (tertiary/aromatic N) is 3. The van der Waals surface area contributed by atoms with Gasteiger partial charge in [0.15, 0.2) is 0 Å². The number of carbonyl (C=O) groups is 1. The summed E-state index contributed by atoms with van der Waals surface area (Å²) in [6.07, 6.45) is 5.19. The summed E-state index contributed by atoms with van der Waals surface area (Å²) in [6, 6.07) is 10.7. The molecule has 6 nitrogen and oxygen atoms in total. The molecule has 0 saturated heterocycles. The Morgan fingerprint density at radius 2 is 2.08 bits per heavy atom. The quantitative estimate of drug-likeness (QED) is 0.572. The third-order valence-electron chi connectivity index (χ3n) is 3.37. The molecule has 1 N–H and O–H groups in total. The lowest BCUT2D eigenvalue weighted by Crippen LogP contribution is -2.22. The zero-order chi connectivity index (χ0) is 16.9. The molecule has 0 atom stereocenters. The van der Waals surface area contributed by atoms with E-state index in [1.54, 1.807) is 42.7 Å². The van der Waals surface area contributed by atoms with Crippen LogP contribution in [0, 0.1) is 0 Å². The fourth-order valence-corrected chi connectivity index (χ4v) is 2.38. The minimum absolute atomic E-state index is 0.166. The van der Waals surface area contributed by atoms with Gasteiger partial charge in [-0.25, -0.2) is 4.98 Å². The van der Waals surface area contributed by atoms with E-state index in [4.69, 9.17) is 11.6 Å². The molecule has 0 bridgehead atoms. The molecule has 3 aromatic rings. The second-order valence-corrected chi connectivity index (χ2v) is 5.50. The molecule has 0 spiro atoms. The fourth-order valence-electron chi connectivity index (χ4n) is 2.21. The van der Waals surface area contributed by atoms with Crippen molar-refractivity contribution in [2.24, 2.45) is 5.16 Å². The lowest BCUT2D eigenvalue weighted by molar-refractivity contribution is 0.0950. The minimum atomic E-state index is -0.166. The van der Waals surface area contributed by atoms with E-state index in [0.29, 0.717) is 17.1 Å². The van der Waals surface area contributed by atoms with Crippen molar-refractivity contribution >= 4 is 29.4 Å². The molecule has 1 amide bonds. The zero-order valence-corrected chi connectivity index (χ0v) is 13.7. The number of fused-ring (bicyclic) bond motifs is 1. The third-order valence-corrected chi connectivity index (χ3v) is 3.60. The van der Waals surface area contributed by atoms with E-state index < -0.39 is 0 Å². The molecule has 1 aromatic carbocycles. The van der Waals surface area contributed by atoms with Crippen molar-refractivity contribution in [3.05, 3.63) is 70.6 Å². The van der Waals surface area contributed by atoms with E-state index in [1.807, 2.05) is 16.7 Å². The second kappa shape index (κ2) is 7.14. The molecule has 0 unspecified atom stereocenters. The van der Waals surface area contributed by atoms with Crippen LogP contribution in [0.25, 0.3) is 5.65 Å². The molecule has 7 heteroatoms. The Bertz CT molecular complexity index is 887. The van der Waals surface area contributed by atoms with Crippen LogP contribution in [-0.4, -0.2) is 28.6 Å². The molecular weight excluding hydrogens is 328 g/mol. The summed E-state index contributed by atoms with van der Waals surface area (Å²) in [4.78, 5) is 21.2. The summed E-state index contributed by atoms with van der Waals surface area (Å²) in [5.41, 5.74) is 2.96. The first-order valence-electron chi connectivity index (χ1n) is 7.23. The number of rotatable bonds is 5. The summed E-state index contributed by atoms with van der Waals surface area (Å²) in [6.45, 7) is 0.338. The molecule has 0 aliphatic carbocycles. The molecule has 2 aromatic heterocycles. The van der Waals surface area contributed by atoms with Crippen LogP contribution in [0.2, 0.25) is 5.02 Å². The molecule has 2 heterocycles. The Morgan fingerprint density at radius 1 is 1.29 bits per heavy atom. The number of aromatic nitrogens is 2. The molecule has 24 heavy (non-hydrogen) atoms. The van der Waals surface area contributed by atoms with Crippen molar-refractivity contribution in [3.63, 3.8) is 0 Å². The molecule has 0 radical (unpaired) electrons. The average Bonchev–Trinajstić information content (AvgIpc) is 3.00. The topological polar surface area (TPSA) is 68.0 Å². The van der Waals surface area contributed by atoms with Crippen molar-refractivity contribution in [2.45, 2.75) is 6.54 Å². The number of imidazole rings is 1. The predicted molar refractivity (Wildman–Crippen MR) is 92.4 cm³/mol. The summed E-state index contributed by atoms with van der Waals surface area (Å²) in [5.74, 6) is -0.166. The number of pyridine rings is 1. The van der Waals surface area contributed by atoms with Crippen molar-refractivity contribution in [2.75, 3.05) is 7.11 Å². The molecule has 3 rings (SSSR count). The number of amides is 1. The first-order chi connectivity index (χ1) is 11.7. The van der Waals surface area contributed by atoms with Crippen LogP contribution in [0.3, 0.4) is 0 Å². The predicted octanol–water partition coefficient (Wildman–Crippen LogP) is 2.90. The fraction of sp³-hybridized carbons (Fsp3) is 0.118. The number of nitrogens with one attached hydrogen (secondary N) is 1. The second-order valence-electron chi connectivity index (χ2n) is 5.07. The SMILES string of the molecule is CO/N=C/c1ccc(C(=O)NCc2cn3cc(Cl)ccc3n2)cc1. The minimum Gasteiger partial charge on any atom is -0.399 e. The van der Waals surface area contributed by atoms with Crippen LogP contribution in [0.4, 0.5) is 0 Å². The van der Waals surface area contributed by atoms with E-state index in [2.05, 4.69) is 20.3 Å². The molecule has 0 aliphatic rings. The molecule has 122 valence electrons. The Kier molecular flexibility index (Phi) is 4.77. The van der Waals surface area contributed by atoms with Gasteiger partial charge in [0, 0.05) is 18.0 Å². The van der Waals surface area contributed by atoms with Gasteiger partial charge in [0.25, 0.3) is 5.91 Å². The maximum absolute atomic E-state index is 12.2. The first-order valence-corrected chi connectivity index (χ1v) is 7.61. The maximum atomic E-state index is 12.2. The summed E-state index contributed by atoms with van der Waals surface area (Å²) in [7, 11) is 1.48. The number of halogens is 1. The number of benzene rings is 1. The summed E-state index contributed by atoms with van der Waals surface area (Å²) in [5, 5.41) is 7.15. The highest BCUT2D eigenvalue weighted by Gasteiger charge is 2.07. The summed E-state index contributed by atoms with van der Waals surface area (Å²) < 4.78 is 1.83. The van der Waals surface area contributed by atoms with Gasteiger partial charge in [0.05, 0.1) is 23.5 Å². The van der Waals surface area contributed by atoms with Crippen LogP contribution < -0.4 is 5.32 Å². The van der Waals surface area contributed by atoms with Gasteiger partial charge < -0.3 is 14.6 Å². The van der Waals surface area contributed by atoms with E-state index >= 15 is 0 Å². The van der Waals surface area contributed by atoms with Gasteiger partial charge in [-0.2, -0.15) is 0 Å². The lowest BCUT2D eigenvalue weighted by atomic mass is 10.1. The molecule has 0 saturated carbocycles. The Labute approximate surface area is 143 Å². The van der Waals surface area contributed by atoms with Gasteiger partial charge >= 0.3 is 0 Å². The Morgan fingerprint density at radius 3 is 2.83 bits per heavy atom. The Hall–Kier alpha value is -2.86. The van der Waals surface area contributed by atoms with Crippen molar-refractivity contribution in [3.8, 4) is 0 Å². The van der Waals surface area contributed by atoms with E-state index in [-0.39, 0.29) is 5.91 Å². The Balaban J connectivity index is 1.64. The van der Waals surface area contributed by atoms with Gasteiger partial charge in [-0.15, -0.1) is 0 Å². The highest BCUT2D eigenvalue weighted by atomic mass is 35.5. The van der Waals surface area contributed by atoms with Crippen LogP contribution in [0.15, 0.2) is 53.9 Å². The largest absolute Gasteiger partial charge is 0.399 e. The standard InChI is InChI=1S/C17H15ClN4O2/c1-24-20-8-12-2-4-13(5-3-12)17(23)19-9-15-11-22-10-14(18)6-7-16(22)21-15/h2-8,10-11H,9H2,1H3,(H,19,23)/b20-8+. The number of carbonyl (C=O) groups excluding carboxylic acids is 1. The van der Waals surface area contributed by atoms with Gasteiger partial charge in [0.2, 0.25) is 0 Å². The van der Waals surface area contributed by atoms with Crippen molar-refractivity contribution < 1.29 is 9.63 Å². The van der Waals surface area contributed by atoms with Crippen LogP contribution in [0.1, 0.15) is 21.6 Å². The molecule has 0 aliphatic heterocycles. The van der Waals surface area contributed by atoms with Crippen LogP contribution in [0.5, 0.6) is 0 Å². The third kappa shape index (κ3) is 3.72. The van der Waals surface area contributed by atoms with Gasteiger partial charge in [-0.3, -0.25) is 4.79 Å². The van der Waals surface area contributed by atoms with Gasteiger partial charge in [-0.1, -0.05) is 28.9 Å². The molecule has 0 fully saturated rings. The summed E-state index contributed by atoms with van der Waals surface area (Å²) >= 11 is 5.94. The van der Waals surface area contributed by atoms with Gasteiger partial charge in [-0.05, 0) is 29.8 Å². The average molecular weight is 343 g/mol. The molecular formula is C17H15ClN4O2. The maximum Gasteiger partial charge on any atom is 0.251 e. The lowest BCUT2D eigenvalue weighted by Gasteiger charge is -2.03. The number of hydrogen-bond donors (Lipinski definition) is 1. The first kappa shape index (κ1) is 16.0. The van der Waals surface area contributed by atoms with Crippen LogP contribution >= 0.6 is 11.6 Å². The smallest absolute Gasteiger partial charge is 0.251 e. The van der Waals surface area contributed by atoms with Crippen molar-refractivity contribution in [1.29, 1.82) is 0 Å². The highest BCUT2D eigenvalue weighted by molar-refractivity contribution is 6.30. The number of oxime groups is 1.